The van der Waals surface area contributed by atoms with Crippen molar-refractivity contribution in [3.05, 3.63) is 9.67 Å². The number of nitrogens with two attached hydrogens (primary N) is 1. The molecule has 13 heavy (non-hydrogen) atoms. The Morgan fingerprint density at radius 1 is 1.54 bits per heavy atom. The van der Waals surface area contributed by atoms with E-state index in [4.69, 9.17) is 5.73 Å². The fourth-order valence-corrected chi connectivity index (χ4v) is 1.81. The van der Waals surface area contributed by atoms with Crippen LogP contribution in [-0.2, 0) is 7.05 Å². The van der Waals surface area contributed by atoms with Crippen LogP contribution in [0.4, 0.5) is 5.95 Å². The molecule has 68 valence electrons. The molecule has 0 radical (unpaired) electrons. The Morgan fingerprint density at radius 3 is 2.92 bits per heavy atom. The maximum Gasteiger partial charge on any atom is 0.309 e. The van der Waals surface area contributed by atoms with Crippen LogP contribution in [0.25, 0.3) is 10.3 Å². The van der Waals surface area contributed by atoms with Crippen LogP contribution < -0.4 is 10.6 Å². The Morgan fingerprint density at radius 2 is 2.23 bits per heavy atom. The second-order valence-electron chi connectivity index (χ2n) is 2.49. The standard InChI is InChI=1S/C6H6N4O2S/c1-10-3-2(13-6(10)12)4(11)9-5(7)8-3/h1H3,(H3,7,8,9,11). The highest BCUT2D eigenvalue weighted by Crippen LogP contribution is 2.23. The first-order valence-electron chi connectivity index (χ1n) is 3.41. The molecule has 0 aliphatic rings. The van der Waals surface area contributed by atoms with Crippen molar-refractivity contribution >= 4 is 27.6 Å². The van der Waals surface area contributed by atoms with Crippen LogP contribution >= 0.6 is 11.3 Å². The highest BCUT2D eigenvalue weighted by atomic mass is 32.1. The summed E-state index contributed by atoms with van der Waals surface area (Å²) in [5.74, 6) is -0.288. The minimum absolute atomic E-state index is 0.0431. The van der Waals surface area contributed by atoms with Gasteiger partial charge < -0.3 is 10.8 Å². The van der Waals surface area contributed by atoms with Crippen LogP contribution in [0.1, 0.15) is 0 Å². The SMILES string of the molecule is Cn1c(=O)sc2c(O)nc(N)nc21. The number of nitrogens with zero attached hydrogens (tertiary/aromatic N) is 3. The van der Waals surface area contributed by atoms with Gasteiger partial charge in [-0.05, 0) is 0 Å². The monoisotopic (exact) mass is 198 g/mol. The molecule has 0 fully saturated rings. The van der Waals surface area contributed by atoms with E-state index in [1.807, 2.05) is 0 Å². The van der Waals surface area contributed by atoms with E-state index in [1.165, 1.54) is 4.57 Å². The third-order valence-corrected chi connectivity index (χ3v) is 2.65. The molecule has 3 N–H and O–H groups in total. The topological polar surface area (TPSA) is 94.0 Å². The van der Waals surface area contributed by atoms with E-state index >= 15 is 0 Å². The van der Waals surface area contributed by atoms with Gasteiger partial charge in [0.1, 0.15) is 4.70 Å². The summed E-state index contributed by atoms with van der Waals surface area (Å²) in [7, 11) is 1.56. The number of hydrogen-bond acceptors (Lipinski definition) is 6. The van der Waals surface area contributed by atoms with Gasteiger partial charge in [-0.1, -0.05) is 11.3 Å². The van der Waals surface area contributed by atoms with Gasteiger partial charge in [0.25, 0.3) is 0 Å². The van der Waals surface area contributed by atoms with Crippen molar-refractivity contribution in [3.63, 3.8) is 0 Å². The third-order valence-electron chi connectivity index (χ3n) is 1.63. The molecule has 0 saturated carbocycles. The maximum atomic E-state index is 11.2. The summed E-state index contributed by atoms with van der Waals surface area (Å²) in [5, 5.41) is 9.32. The molecule has 0 aliphatic heterocycles. The molecule has 0 saturated heterocycles. The predicted molar refractivity (Wildman–Crippen MR) is 48.7 cm³/mol. The van der Waals surface area contributed by atoms with Gasteiger partial charge in [0.05, 0.1) is 0 Å². The zero-order valence-electron chi connectivity index (χ0n) is 6.68. The number of aromatic hydroxyl groups is 1. The first-order chi connectivity index (χ1) is 6.09. The number of nitrogen functional groups attached to an aromatic ring is 1. The number of thiazole rings is 1. The fourth-order valence-electron chi connectivity index (χ4n) is 1.00. The van der Waals surface area contributed by atoms with E-state index in [0.29, 0.717) is 10.3 Å². The number of aryl methyl sites for hydroxylation is 1. The quantitative estimate of drug-likeness (QED) is 0.605. The van der Waals surface area contributed by atoms with E-state index in [0.717, 1.165) is 11.3 Å². The van der Waals surface area contributed by atoms with E-state index in [1.54, 1.807) is 7.05 Å². The van der Waals surface area contributed by atoms with Gasteiger partial charge in [-0.25, -0.2) is 0 Å². The molecule has 0 atom stereocenters. The van der Waals surface area contributed by atoms with Crippen LogP contribution in [0, 0.1) is 0 Å². The van der Waals surface area contributed by atoms with Crippen molar-refractivity contribution in [2.75, 3.05) is 5.73 Å². The zero-order valence-corrected chi connectivity index (χ0v) is 7.50. The molecule has 0 bridgehead atoms. The summed E-state index contributed by atoms with van der Waals surface area (Å²) in [6.45, 7) is 0. The first-order valence-corrected chi connectivity index (χ1v) is 4.23. The van der Waals surface area contributed by atoms with Gasteiger partial charge in [-0.3, -0.25) is 9.36 Å². The Hall–Kier alpha value is -1.63. The lowest BCUT2D eigenvalue weighted by molar-refractivity contribution is 0.461. The van der Waals surface area contributed by atoms with Gasteiger partial charge in [0.2, 0.25) is 11.8 Å². The van der Waals surface area contributed by atoms with Crippen molar-refractivity contribution < 1.29 is 5.11 Å². The molecule has 6 nitrogen and oxygen atoms in total. The third kappa shape index (κ3) is 1.04. The highest BCUT2D eigenvalue weighted by Gasteiger charge is 2.11. The van der Waals surface area contributed by atoms with E-state index < -0.39 is 0 Å². The molecule has 2 aromatic rings. The van der Waals surface area contributed by atoms with Crippen LogP contribution in [0.5, 0.6) is 5.88 Å². The van der Waals surface area contributed by atoms with Crippen LogP contribution in [0.15, 0.2) is 4.79 Å². The minimum atomic E-state index is -0.245. The van der Waals surface area contributed by atoms with E-state index in [9.17, 15) is 9.90 Å². The average Bonchev–Trinajstić information content (AvgIpc) is 2.32. The highest BCUT2D eigenvalue weighted by molar-refractivity contribution is 7.16. The lowest BCUT2D eigenvalue weighted by Crippen LogP contribution is -2.08. The Balaban J connectivity index is 3.03. The van der Waals surface area contributed by atoms with E-state index in [2.05, 4.69) is 9.97 Å². The molecule has 2 rings (SSSR count). The van der Waals surface area contributed by atoms with Gasteiger partial charge in [-0.15, -0.1) is 0 Å². The van der Waals surface area contributed by atoms with Gasteiger partial charge >= 0.3 is 4.87 Å². The average molecular weight is 198 g/mol. The first kappa shape index (κ1) is 7.99. The number of anilines is 1. The minimum Gasteiger partial charge on any atom is -0.492 e. The smallest absolute Gasteiger partial charge is 0.309 e. The van der Waals surface area contributed by atoms with Crippen LogP contribution in [-0.4, -0.2) is 19.6 Å². The normalized spacial score (nSPS) is 10.8. The van der Waals surface area contributed by atoms with Crippen molar-refractivity contribution in [1.82, 2.24) is 14.5 Å². The summed E-state index contributed by atoms with van der Waals surface area (Å²) < 4.78 is 1.68. The molecule has 0 aliphatic carbocycles. The van der Waals surface area contributed by atoms with E-state index in [-0.39, 0.29) is 16.7 Å². The molecular weight excluding hydrogens is 192 g/mol. The van der Waals surface area contributed by atoms with Crippen LogP contribution in [0.3, 0.4) is 0 Å². The largest absolute Gasteiger partial charge is 0.492 e. The Bertz CT molecular complexity index is 529. The predicted octanol–water partition coefficient (Wildman–Crippen LogP) is -0.322. The summed E-state index contributed by atoms with van der Waals surface area (Å²) in [5.41, 5.74) is 5.67. The zero-order chi connectivity index (χ0) is 9.59. The summed E-state index contributed by atoms with van der Waals surface area (Å²) in [4.78, 5) is 18.3. The molecular formula is C6H6N4O2S. The lowest BCUT2D eigenvalue weighted by atomic mass is 10.6. The number of aromatic nitrogens is 3. The summed E-state index contributed by atoms with van der Waals surface area (Å²) >= 11 is 0.891. The molecule has 0 aromatic carbocycles. The van der Waals surface area contributed by atoms with Gasteiger partial charge in [0, 0.05) is 7.05 Å². The molecule has 0 amide bonds. The number of rotatable bonds is 0. The maximum absolute atomic E-state index is 11.2. The van der Waals surface area contributed by atoms with Gasteiger partial charge in [-0.2, -0.15) is 9.97 Å². The van der Waals surface area contributed by atoms with Crippen molar-refractivity contribution in [2.45, 2.75) is 0 Å². The molecule has 0 spiro atoms. The second-order valence-corrected chi connectivity index (χ2v) is 3.45. The lowest BCUT2D eigenvalue weighted by Gasteiger charge is -1.96. The second kappa shape index (κ2) is 2.43. The van der Waals surface area contributed by atoms with Crippen molar-refractivity contribution in [3.8, 4) is 5.88 Å². The fraction of sp³-hybridized carbons (Fsp3) is 0.167. The molecule has 2 heterocycles. The number of fused-ring (bicyclic) bond motifs is 1. The molecule has 7 heteroatoms. The molecule has 0 unspecified atom stereocenters. The Labute approximate surface area is 76.3 Å². The summed E-state index contributed by atoms with van der Waals surface area (Å²) in [6, 6.07) is 0. The van der Waals surface area contributed by atoms with Crippen LogP contribution in [0.2, 0.25) is 0 Å². The Kier molecular flexibility index (Phi) is 1.49. The molecule has 2 aromatic heterocycles. The van der Waals surface area contributed by atoms with Crippen molar-refractivity contribution in [2.24, 2.45) is 7.05 Å². The van der Waals surface area contributed by atoms with Gasteiger partial charge in [0.15, 0.2) is 5.65 Å². The number of hydrogen-bond donors (Lipinski definition) is 2. The van der Waals surface area contributed by atoms with Crippen molar-refractivity contribution in [1.29, 1.82) is 0 Å². The summed E-state index contributed by atoms with van der Waals surface area (Å²) in [6.07, 6.45) is 0.